The molecule has 3 aromatic carbocycles. The third-order valence-corrected chi connectivity index (χ3v) is 5.03. The van der Waals surface area contributed by atoms with Gasteiger partial charge in [0.15, 0.2) is 0 Å². The van der Waals surface area contributed by atoms with Gasteiger partial charge in [-0.15, -0.1) is 0 Å². The molecule has 1 aliphatic heterocycles. The van der Waals surface area contributed by atoms with Crippen molar-refractivity contribution in [2.75, 3.05) is 23.3 Å². The van der Waals surface area contributed by atoms with Gasteiger partial charge in [0.1, 0.15) is 0 Å². The van der Waals surface area contributed by atoms with Gasteiger partial charge in [0.05, 0.1) is 23.0 Å². The second-order valence-electron chi connectivity index (χ2n) is 7.13. The minimum atomic E-state index is -4.33. The number of benzene rings is 3. The largest absolute Gasteiger partial charge is 0.416 e. The van der Waals surface area contributed by atoms with Crippen LogP contribution in [0.3, 0.4) is 0 Å². The molecule has 1 aliphatic rings. The standard InChI is InChI=1S/C23H22F3N3/c24-23(25,26)18-10-12-20(13-11-18)29-16-19(28-21-8-4-5-9-22(21)29)15-27-14-17-6-2-1-3-7-17/h1-13,19,27-28H,14-16H2. The number of nitrogens with zero attached hydrogens (tertiary/aromatic N) is 1. The molecule has 150 valence electrons. The Bertz CT molecular complexity index is 940. The molecule has 2 N–H and O–H groups in total. The lowest BCUT2D eigenvalue weighted by Gasteiger charge is -2.37. The molecule has 4 rings (SSSR count). The maximum atomic E-state index is 12.9. The highest BCUT2D eigenvalue weighted by molar-refractivity contribution is 5.79. The molecule has 3 nitrogen and oxygen atoms in total. The van der Waals surface area contributed by atoms with Gasteiger partial charge in [0, 0.05) is 25.3 Å². The van der Waals surface area contributed by atoms with E-state index >= 15 is 0 Å². The molecule has 0 radical (unpaired) electrons. The summed E-state index contributed by atoms with van der Waals surface area (Å²) in [4.78, 5) is 2.07. The summed E-state index contributed by atoms with van der Waals surface area (Å²) in [6, 6.07) is 23.5. The summed E-state index contributed by atoms with van der Waals surface area (Å²) >= 11 is 0. The highest BCUT2D eigenvalue weighted by Crippen LogP contribution is 2.37. The van der Waals surface area contributed by atoms with Crippen LogP contribution in [0.4, 0.5) is 30.2 Å². The third-order valence-electron chi connectivity index (χ3n) is 5.03. The first-order valence-electron chi connectivity index (χ1n) is 9.56. The first-order chi connectivity index (χ1) is 14.0. The number of nitrogens with one attached hydrogen (secondary N) is 2. The molecule has 3 aromatic rings. The molecule has 1 atom stereocenters. The van der Waals surface area contributed by atoms with E-state index in [0.717, 1.165) is 42.3 Å². The van der Waals surface area contributed by atoms with Gasteiger partial charge in [0.25, 0.3) is 0 Å². The Balaban J connectivity index is 1.50. The molecule has 0 spiro atoms. The Hall–Kier alpha value is -2.99. The molecule has 0 saturated heterocycles. The summed E-state index contributed by atoms with van der Waals surface area (Å²) in [7, 11) is 0. The van der Waals surface area contributed by atoms with Crippen LogP contribution in [0.1, 0.15) is 11.1 Å². The number of halogens is 3. The lowest BCUT2D eigenvalue weighted by Crippen LogP contribution is -2.44. The van der Waals surface area contributed by atoms with Crippen LogP contribution in [0.2, 0.25) is 0 Å². The van der Waals surface area contributed by atoms with Crippen LogP contribution in [0.15, 0.2) is 78.9 Å². The van der Waals surface area contributed by atoms with E-state index in [9.17, 15) is 13.2 Å². The first-order valence-corrected chi connectivity index (χ1v) is 9.56. The zero-order valence-electron chi connectivity index (χ0n) is 15.8. The second-order valence-corrected chi connectivity index (χ2v) is 7.13. The van der Waals surface area contributed by atoms with E-state index in [-0.39, 0.29) is 6.04 Å². The van der Waals surface area contributed by atoms with Crippen LogP contribution >= 0.6 is 0 Å². The molecule has 29 heavy (non-hydrogen) atoms. The van der Waals surface area contributed by atoms with Crippen LogP contribution < -0.4 is 15.5 Å². The average molecular weight is 397 g/mol. The normalized spacial score (nSPS) is 16.2. The van der Waals surface area contributed by atoms with Gasteiger partial charge in [-0.1, -0.05) is 42.5 Å². The monoisotopic (exact) mass is 397 g/mol. The van der Waals surface area contributed by atoms with E-state index < -0.39 is 11.7 Å². The molecular formula is C23H22F3N3. The summed E-state index contributed by atoms with van der Waals surface area (Å²) in [6.07, 6.45) is -4.33. The number of para-hydroxylation sites is 2. The Morgan fingerprint density at radius 1 is 0.897 bits per heavy atom. The van der Waals surface area contributed by atoms with Gasteiger partial charge >= 0.3 is 6.18 Å². The van der Waals surface area contributed by atoms with Crippen molar-refractivity contribution in [3.63, 3.8) is 0 Å². The second kappa shape index (κ2) is 8.17. The summed E-state index contributed by atoms with van der Waals surface area (Å²) in [5, 5.41) is 7.00. The molecule has 6 heteroatoms. The highest BCUT2D eigenvalue weighted by atomic mass is 19.4. The third kappa shape index (κ3) is 4.54. The fourth-order valence-corrected chi connectivity index (χ4v) is 3.59. The molecule has 0 saturated carbocycles. The summed E-state index contributed by atoms with van der Waals surface area (Å²) in [6.45, 7) is 2.16. The van der Waals surface area contributed by atoms with Crippen LogP contribution in [0, 0.1) is 0 Å². The van der Waals surface area contributed by atoms with Gasteiger partial charge < -0.3 is 15.5 Å². The molecule has 0 aromatic heterocycles. The van der Waals surface area contributed by atoms with Crippen molar-refractivity contribution in [3.05, 3.63) is 90.0 Å². The number of alkyl halides is 3. The highest BCUT2D eigenvalue weighted by Gasteiger charge is 2.31. The smallest absolute Gasteiger partial charge is 0.378 e. The van der Waals surface area contributed by atoms with Gasteiger partial charge in [-0.25, -0.2) is 0 Å². The van der Waals surface area contributed by atoms with Crippen LogP contribution in [-0.2, 0) is 12.7 Å². The van der Waals surface area contributed by atoms with E-state index in [4.69, 9.17) is 0 Å². The Kier molecular flexibility index (Phi) is 5.45. The van der Waals surface area contributed by atoms with E-state index in [2.05, 4.69) is 27.7 Å². The van der Waals surface area contributed by atoms with E-state index in [0.29, 0.717) is 6.54 Å². The number of hydrogen-bond acceptors (Lipinski definition) is 3. The lowest BCUT2D eigenvalue weighted by atomic mass is 10.1. The van der Waals surface area contributed by atoms with Crippen LogP contribution in [0.25, 0.3) is 0 Å². The van der Waals surface area contributed by atoms with Crippen molar-refractivity contribution < 1.29 is 13.2 Å². The van der Waals surface area contributed by atoms with Crippen molar-refractivity contribution in [1.29, 1.82) is 0 Å². The fraction of sp³-hybridized carbons (Fsp3) is 0.217. The maximum Gasteiger partial charge on any atom is 0.416 e. The first kappa shape index (κ1) is 19.3. The van der Waals surface area contributed by atoms with Crippen molar-refractivity contribution in [2.45, 2.75) is 18.8 Å². The molecule has 0 fully saturated rings. The predicted octanol–water partition coefficient (Wildman–Crippen LogP) is 5.43. The predicted molar refractivity (Wildman–Crippen MR) is 110 cm³/mol. The van der Waals surface area contributed by atoms with Crippen LogP contribution in [0.5, 0.6) is 0 Å². The fourth-order valence-electron chi connectivity index (χ4n) is 3.59. The minimum absolute atomic E-state index is 0.121. The molecular weight excluding hydrogens is 375 g/mol. The topological polar surface area (TPSA) is 27.3 Å². The van der Waals surface area contributed by atoms with Crippen molar-refractivity contribution in [1.82, 2.24) is 5.32 Å². The Morgan fingerprint density at radius 2 is 1.59 bits per heavy atom. The molecule has 1 unspecified atom stereocenters. The SMILES string of the molecule is FC(F)(F)c1ccc(N2CC(CNCc3ccccc3)Nc3ccccc32)cc1. The lowest BCUT2D eigenvalue weighted by molar-refractivity contribution is -0.137. The quantitative estimate of drug-likeness (QED) is 0.601. The summed E-state index contributed by atoms with van der Waals surface area (Å²) < 4.78 is 38.7. The van der Waals surface area contributed by atoms with Gasteiger partial charge in [-0.05, 0) is 42.0 Å². The van der Waals surface area contributed by atoms with Crippen molar-refractivity contribution >= 4 is 17.1 Å². The van der Waals surface area contributed by atoms with Gasteiger partial charge in [0.2, 0.25) is 0 Å². The molecule has 0 aliphatic carbocycles. The van der Waals surface area contributed by atoms with Crippen molar-refractivity contribution in [3.8, 4) is 0 Å². The number of rotatable bonds is 5. The Labute approximate surface area is 168 Å². The zero-order chi connectivity index (χ0) is 20.3. The molecule has 0 amide bonds. The van der Waals surface area contributed by atoms with E-state index in [1.165, 1.54) is 5.56 Å². The van der Waals surface area contributed by atoms with Crippen LogP contribution in [-0.4, -0.2) is 19.1 Å². The molecule has 0 bridgehead atoms. The number of anilines is 3. The molecule has 1 heterocycles. The van der Waals surface area contributed by atoms with Crippen molar-refractivity contribution in [2.24, 2.45) is 0 Å². The van der Waals surface area contributed by atoms with Gasteiger partial charge in [-0.3, -0.25) is 0 Å². The maximum absolute atomic E-state index is 12.9. The number of hydrogen-bond donors (Lipinski definition) is 2. The zero-order valence-corrected chi connectivity index (χ0v) is 15.8. The van der Waals surface area contributed by atoms with E-state index in [1.54, 1.807) is 12.1 Å². The average Bonchev–Trinajstić information content (AvgIpc) is 2.73. The summed E-state index contributed by atoms with van der Waals surface area (Å²) in [5.41, 5.74) is 3.27. The number of fused-ring (bicyclic) bond motifs is 1. The summed E-state index contributed by atoms with van der Waals surface area (Å²) in [5.74, 6) is 0. The van der Waals surface area contributed by atoms with E-state index in [1.807, 2.05) is 42.5 Å². The Morgan fingerprint density at radius 3 is 2.31 bits per heavy atom. The van der Waals surface area contributed by atoms with Gasteiger partial charge in [-0.2, -0.15) is 13.2 Å². The minimum Gasteiger partial charge on any atom is -0.378 e.